The van der Waals surface area contributed by atoms with Crippen molar-refractivity contribution in [2.24, 2.45) is 7.05 Å². The molecule has 1 aromatic heterocycles. The second kappa shape index (κ2) is 6.55. The minimum Gasteiger partial charge on any atom is -0.394 e. The summed E-state index contributed by atoms with van der Waals surface area (Å²) in [6, 6.07) is 6.23. The van der Waals surface area contributed by atoms with Gasteiger partial charge in [-0.05, 0) is 17.7 Å². The highest BCUT2D eigenvalue weighted by atomic mass is 35.5. The number of aryl methyl sites for hydroxylation is 1. The molecule has 1 aromatic carbocycles. The molecule has 2 N–H and O–H groups in total. The molecule has 0 spiro atoms. The average Bonchev–Trinajstić information content (AvgIpc) is 2.78. The lowest BCUT2D eigenvalue weighted by atomic mass is 10.1. The van der Waals surface area contributed by atoms with Gasteiger partial charge in [-0.3, -0.25) is 9.36 Å². The Labute approximate surface area is 125 Å². The van der Waals surface area contributed by atoms with Gasteiger partial charge in [0.1, 0.15) is 12.9 Å². The molecule has 1 unspecified atom stereocenters. The summed E-state index contributed by atoms with van der Waals surface area (Å²) < 4.78 is 2.32. The first-order valence-corrected chi connectivity index (χ1v) is 6.63. The highest BCUT2D eigenvalue weighted by Crippen LogP contribution is 2.16. The second-order valence-corrected chi connectivity index (χ2v) is 4.97. The molecule has 112 valence electrons. The number of aliphatic hydroxyl groups is 1. The van der Waals surface area contributed by atoms with Gasteiger partial charge in [0.15, 0.2) is 0 Å². The molecular formula is C13H15ClN4O3. The van der Waals surface area contributed by atoms with E-state index in [1.165, 1.54) is 10.9 Å². The average molecular weight is 311 g/mol. The van der Waals surface area contributed by atoms with E-state index >= 15 is 0 Å². The Balaban J connectivity index is 2.04. The number of nitrogens with one attached hydrogen (secondary N) is 1. The lowest BCUT2D eigenvalue weighted by molar-refractivity contribution is -0.123. The fraction of sp³-hybridized carbons (Fsp3) is 0.308. The van der Waals surface area contributed by atoms with E-state index in [4.69, 9.17) is 11.6 Å². The number of carbonyl (C=O) groups is 1. The summed E-state index contributed by atoms with van der Waals surface area (Å²) >= 11 is 5.79. The fourth-order valence-electron chi connectivity index (χ4n) is 1.83. The Bertz CT molecular complexity index is 677. The van der Waals surface area contributed by atoms with Gasteiger partial charge in [-0.1, -0.05) is 23.7 Å². The molecule has 0 saturated carbocycles. The topological polar surface area (TPSA) is 89.2 Å². The summed E-state index contributed by atoms with van der Waals surface area (Å²) in [6.07, 6.45) is 1.33. The van der Waals surface area contributed by atoms with Crippen molar-refractivity contribution in [2.75, 3.05) is 6.61 Å². The minimum absolute atomic E-state index is 0.205. The lowest BCUT2D eigenvalue weighted by Gasteiger charge is -2.16. The first-order chi connectivity index (χ1) is 10.0. The van der Waals surface area contributed by atoms with E-state index in [-0.39, 0.29) is 18.8 Å². The Morgan fingerprint density at radius 3 is 2.62 bits per heavy atom. The van der Waals surface area contributed by atoms with Crippen molar-refractivity contribution in [3.8, 4) is 0 Å². The highest BCUT2D eigenvalue weighted by molar-refractivity contribution is 6.30. The number of hydrogen-bond acceptors (Lipinski definition) is 4. The van der Waals surface area contributed by atoms with Crippen LogP contribution in [0.3, 0.4) is 0 Å². The maximum atomic E-state index is 11.9. The fourth-order valence-corrected chi connectivity index (χ4v) is 1.96. The van der Waals surface area contributed by atoms with E-state index in [2.05, 4.69) is 10.4 Å². The maximum Gasteiger partial charge on any atom is 0.345 e. The number of amides is 1. The lowest BCUT2D eigenvalue weighted by Crippen LogP contribution is -2.36. The van der Waals surface area contributed by atoms with Gasteiger partial charge in [0.25, 0.3) is 0 Å². The summed E-state index contributed by atoms with van der Waals surface area (Å²) in [4.78, 5) is 23.5. The van der Waals surface area contributed by atoms with Gasteiger partial charge in [-0.2, -0.15) is 5.10 Å². The summed E-state index contributed by atoms with van der Waals surface area (Å²) in [5, 5.41) is 16.4. The van der Waals surface area contributed by atoms with E-state index in [9.17, 15) is 14.7 Å². The predicted molar refractivity (Wildman–Crippen MR) is 76.9 cm³/mol. The van der Waals surface area contributed by atoms with Gasteiger partial charge in [0, 0.05) is 12.1 Å². The van der Waals surface area contributed by atoms with Crippen LogP contribution < -0.4 is 11.0 Å². The van der Waals surface area contributed by atoms with Crippen LogP contribution in [-0.2, 0) is 18.4 Å². The molecule has 1 heterocycles. The van der Waals surface area contributed by atoms with Crippen LogP contribution in [0, 0.1) is 0 Å². The Hall–Kier alpha value is -2.12. The normalized spacial score (nSPS) is 12.1. The van der Waals surface area contributed by atoms with E-state index in [1.54, 1.807) is 31.3 Å². The largest absolute Gasteiger partial charge is 0.394 e. The Morgan fingerprint density at radius 1 is 1.43 bits per heavy atom. The predicted octanol–water partition coefficient (Wildman–Crippen LogP) is 0.0850. The van der Waals surface area contributed by atoms with E-state index in [1.807, 2.05) is 0 Å². The van der Waals surface area contributed by atoms with Gasteiger partial charge < -0.3 is 10.4 Å². The molecule has 21 heavy (non-hydrogen) atoms. The number of halogens is 1. The first-order valence-electron chi connectivity index (χ1n) is 6.25. The highest BCUT2D eigenvalue weighted by Gasteiger charge is 2.15. The van der Waals surface area contributed by atoms with Crippen LogP contribution >= 0.6 is 11.6 Å². The van der Waals surface area contributed by atoms with Crippen molar-refractivity contribution in [3.05, 3.63) is 51.7 Å². The zero-order chi connectivity index (χ0) is 15.4. The molecule has 2 rings (SSSR count). The first kappa shape index (κ1) is 15.3. The van der Waals surface area contributed by atoms with Crippen LogP contribution in [0.15, 0.2) is 35.4 Å². The molecule has 1 amide bonds. The summed E-state index contributed by atoms with van der Waals surface area (Å²) in [5.74, 6) is -0.412. The number of nitrogens with zero attached hydrogens (tertiary/aromatic N) is 3. The second-order valence-electron chi connectivity index (χ2n) is 4.54. The third kappa shape index (κ3) is 3.71. The number of aromatic nitrogens is 3. The summed E-state index contributed by atoms with van der Waals surface area (Å²) in [6.45, 7) is -0.464. The zero-order valence-electron chi connectivity index (χ0n) is 11.4. The van der Waals surface area contributed by atoms with E-state index < -0.39 is 11.9 Å². The molecule has 0 radical (unpaired) electrons. The van der Waals surface area contributed by atoms with Gasteiger partial charge >= 0.3 is 5.69 Å². The number of hydrogen-bond donors (Lipinski definition) is 2. The van der Waals surface area contributed by atoms with Gasteiger partial charge in [0.05, 0.1) is 12.6 Å². The van der Waals surface area contributed by atoms with Gasteiger partial charge in [0.2, 0.25) is 5.91 Å². The van der Waals surface area contributed by atoms with Crippen LogP contribution in [0.2, 0.25) is 5.02 Å². The smallest absolute Gasteiger partial charge is 0.345 e. The zero-order valence-corrected chi connectivity index (χ0v) is 12.1. The van der Waals surface area contributed by atoms with Gasteiger partial charge in [-0.25, -0.2) is 9.48 Å². The number of carbonyl (C=O) groups excluding carboxylic acids is 1. The van der Waals surface area contributed by atoms with Gasteiger partial charge in [-0.15, -0.1) is 0 Å². The molecule has 0 aliphatic heterocycles. The van der Waals surface area contributed by atoms with Crippen molar-refractivity contribution in [1.29, 1.82) is 0 Å². The quantitative estimate of drug-likeness (QED) is 0.819. The summed E-state index contributed by atoms with van der Waals surface area (Å²) in [7, 11) is 1.55. The number of benzene rings is 1. The summed E-state index contributed by atoms with van der Waals surface area (Å²) in [5.41, 5.74) is 0.348. The third-order valence-corrected chi connectivity index (χ3v) is 3.22. The van der Waals surface area contributed by atoms with Crippen molar-refractivity contribution in [1.82, 2.24) is 19.7 Å². The SMILES string of the molecule is Cn1cnn(CC(=O)NC(CO)c2ccc(Cl)cc2)c1=O. The molecule has 0 saturated heterocycles. The number of rotatable bonds is 5. The number of aliphatic hydroxyl groups excluding tert-OH is 1. The van der Waals surface area contributed by atoms with Crippen molar-refractivity contribution in [2.45, 2.75) is 12.6 Å². The minimum atomic E-state index is -0.561. The monoisotopic (exact) mass is 310 g/mol. The van der Waals surface area contributed by atoms with E-state index in [0.717, 1.165) is 10.2 Å². The van der Waals surface area contributed by atoms with Crippen LogP contribution in [0.1, 0.15) is 11.6 Å². The molecule has 0 aliphatic rings. The van der Waals surface area contributed by atoms with Crippen LogP contribution in [-0.4, -0.2) is 32.0 Å². The molecule has 7 nitrogen and oxygen atoms in total. The van der Waals surface area contributed by atoms with Crippen molar-refractivity contribution < 1.29 is 9.90 Å². The van der Waals surface area contributed by atoms with Crippen molar-refractivity contribution >= 4 is 17.5 Å². The molecule has 0 aliphatic carbocycles. The molecule has 0 bridgehead atoms. The molecule has 8 heteroatoms. The Morgan fingerprint density at radius 2 is 2.10 bits per heavy atom. The molecule has 2 aromatic rings. The third-order valence-electron chi connectivity index (χ3n) is 2.97. The van der Waals surface area contributed by atoms with Crippen LogP contribution in [0.4, 0.5) is 0 Å². The van der Waals surface area contributed by atoms with E-state index in [0.29, 0.717) is 5.02 Å². The maximum absolute atomic E-state index is 11.9. The Kier molecular flexibility index (Phi) is 4.77. The molecule has 0 fully saturated rings. The molecular weight excluding hydrogens is 296 g/mol. The van der Waals surface area contributed by atoms with Crippen LogP contribution in [0.25, 0.3) is 0 Å². The van der Waals surface area contributed by atoms with Crippen LogP contribution in [0.5, 0.6) is 0 Å². The standard InChI is InChI=1S/C13H15ClN4O3/c1-17-8-15-18(13(17)21)6-12(20)16-11(7-19)9-2-4-10(14)5-3-9/h2-5,8,11,19H,6-7H2,1H3,(H,16,20). The molecule has 1 atom stereocenters. The van der Waals surface area contributed by atoms with Crippen molar-refractivity contribution in [3.63, 3.8) is 0 Å².